The maximum Gasteiger partial charge on any atom is 0.128 e. The van der Waals surface area contributed by atoms with Crippen LogP contribution in [0.1, 0.15) is 32.1 Å². The van der Waals surface area contributed by atoms with Gasteiger partial charge in [0.05, 0.1) is 12.7 Å². The molecule has 1 aromatic rings. The Kier molecular flexibility index (Phi) is 10.5. The molecule has 3 rings (SSSR count). The number of ether oxygens (including phenoxy) is 1. The Bertz CT molecular complexity index is 565. The zero-order valence-corrected chi connectivity index (χ0v) is 17.5. The molecule has 1 atom stereocenters. The third-order valence-electron chi connectivity index (χ3n) is 5.44. The molecule has 2 fully saturated rings. The van der Waals surface area contributed by atoms with Gasteiger partial charge in [0.15, 0.2) is 0 Å². The van der Waals surface area contributed by atoms with Crippen LogP contribution in [0, 0.1) is 12.3 Å². The second-order valence-electron chi connectivity index (χ2n) is 7.29. The Balaban J connectivity index is 0.00000182. The van der Waals surface area contributed by atoms with Gasteiger partial charge in [-0.25, -0.2) is 0 Å². The van der Waals surface area contributed by atoms with Gasteiger partial charge < -0.3 is 14.7 Å². The molecule has 0 aromatic heterocycles. The molecule has 27 heavy (non-hydrogen) atoms. The van der Waals surface area contributed by atoms with Gasteiger partial charge in [-0.15, -0.1) is 31.2 Å². The average molecular weight is 415 g/mol. The molecule has 2 aliphatic rings. The smallest absolute Gasteiger partial charge is 0.128 e. The zero-order valence-electron chi connectivity index (χ0n) is 15.9. The van der Waals surface area contributed by atoms with E-state index in [4.69, 9.17) is 11.2 Å². The standard InChI is InChI=1S/C21H30N2O2.2ClH/c1-2-21(11-7-4-8-12-21)25-18-20(24)17-22-13-15-23(16-14-22)19-9-5-3-6-10-19;;/h1,3,5-6,9-10,20,24H,4,7-8,11-18H2;2*1H. The van der Waals surface area contributed by atoms with E-state index in [0.29, 0.717) is 13.2 Å². The van der Waals surface area contributed by atoms with Crippen LogP contribution in [0.4, 0.5) is 5.69 Å². The number of β-amino-alcohol motifs (C(OH)–C–C–N with tert-alkyl or cyclic N) is 1. The van der Waals surface area contributed by atoms with Crippen molar-refractivity contribution in [3.63, 3.8) is 0 Å². The van der Waals surface area contributed by atoms with E-state index in [-0.39, 0.29) is 24.8 Å². The first-order valence-electron chi connectivity index (χ1n) is 9.53. The fourth-order valence-corrected chi connectivity index (χ4v) is 3.89. The van der Waals surface area contributed by atoms with Gasteiger partial charge in [-0.1, -0.05) is 30.5 Å². The first kappa shape index (κ1) is 24.1. The highest BCUT2D eigenvalue weighted by Gasteiger charge is 2.31. The Morgan fingerprint density at radius 1 is 1.04 bits per heavy atom. The van der Waals surface area contributed by atoms with Gasteiger partial charge >= 0.3 is 0 Å². The predicted molar refractivity (Wildman–Crippen MR) is 116 cm³/mol. The van der Waals surface area contributed by atoms with E-state index in [0.717, 1.165) is 51.9 Å². The van der Waals surface area contributed by atoms with Crippen LogP contribution in [0.15, 0.2) is 30.3 Å². The Morgan fingerprint density at radius 3 is 2.26 bits per heavy atom. The predicted octanol–water partition coefficient (Wildman–Crippen LogP) is 3.37. The second kappa shape index (κ2) is 11.8. The number of piperazine rings is 1. The maximum atomic E-state index is 10.4. The number of para-hydroxylation sites is 1. The lowest BCUT2D eigenvalue weighted by Crippen LogP contribution is -2.49. The fourth-order valence-electron chi connectivity index (χ4n) is 3.89. The minimum Gasteiger partial charge on any atom is -0.389 e. The average Bonchev–Trinajstić information content (AvgIpc) is 2.68. The molecule has 1 N–H and O–H groups in total. The quantitative estimate of drug-likeness (QED) is 0.723. The van der Waals surface area contributed by atoms with E-state index in [1.807, 2.05) is 6.07 Å². The van der Waals surface area contributed by atoms with Crippen LogP contribution in [-0.4, -0.2) is 61.0 Å². The SMILES string of the molecule is C#CC1(OCC(O)CN2CCN(c3ccccc3)CC2)CCCCC1.Cl.Cl. The molecule has 1 aliphatic carbocycles. The summed E-state index contributed by atoms with van der Waals surface area (Å²) in [5, 5.41) is 10.4. The van der Waals surface area contributed by atoms with Crippen molar-refractivity contribution in [2.45, 2.75) is 43.8 Å². The first-order valence-corrected chi connectivity index (χ1v) is 9.53. The monoisotopic (exact) mass is 414 g/mol. The van der Waals surface area contributed by atoms with E-state index in [9.17, 15) is 5.11 Å². The van der Waals surface area contributed by atoms with E-state index in [2.05, 4.69) is 40.0 Å². The number of halogens is 2. The molecule has 0 spiro atoms. The van der Waals surface area contributed by atoms with Crippen LogP contribution in [0.2, 0.25) is 0 Å². The molecule has 1 saturated carbocycles. The highest BCUT2D eigenvalue weighted by Crippen LogP contribution is 2.31. The van der Waals surface area contributed by atoms with E-state index in [1.54, 1.807) is 0 Å². The summed E-state index contributed by atoms with van der Waals surface area (Å²) in [5.74, 6) is 2.85. The van der Waals surface area contributed by atoms with E-state index >= 15 is 0 Å². The molecule has 1 heterocycles. The Labute approximate surface area is 176 Å². The molecule has 0 bridgehead atoms. The largest absolute Gasteiger partial charge is 0.389 e. The molecule has 1 saturated heterocycles. The number of nitrogens with zero attached hydrogens (tertiary/aromatic N) is 2. The van der Waals surface area contributed by atoms with Crippen molar-refractivity contribution in [3.05, 3.63) is 30.3 Å². The fraction of sp³-hybridized carbons (Fsp3) is 0.619. The molecular formula is C21H32Cl2N2O2. The molecule has 1 aliphatic heterocycles. The first-order chi connectivity index (χ1) is 12.2. The summed E-state index contributed by atoms with van der Waals surface area (Å²) in [7, 11) is 0. The Morgan fingerprint density at radius 2 is 1.67 bits per heavy atom. The minimum absolute atomic E-state index is 0. The molecule has 6 heteroatoms. The molecule has 0 amide bonds. The van der Waals surface area contributed by atoms with Crippen LogP contribution in [0.3, 0.4) is 0 Å². The second-order valence-corrected chi connectivity index (χ2v) is 7.29. The third-order valence-corrected chi connectivity index (χ3v) is 5.44. The zero-order chi connectivity index (χ0) is 17.5. The molecule has 4 nitrogen and oxygen atoms in total. The highest BCUT2D eigenvalue weighted by molar-refractivity contribution is 5.85. The number of rotatable bonds is 6. The number of hydrogen-bond acceptors (Lipinski definition) is 4. The summed E-state index contributed by atoms with van der Waals surface area (Å²) in [5.41, 5.74) is 0.838. The summed E-state index contributed by atoms with van der Waals surface area (Å²) in [4.78, 5) is 4.71. The van der Waals surface area contributed by atoms with Crippen LogP contribution in [0.5, 0.6) is 0 Å². The number of benzene rings is 1. The summed E-state index contributed by atoms with van der Waals surface area (Å²) in [6.07, 6.45) is 10.6. The number of aliphatic hydroxyl groups excluding tert-OH is 1. The maximum absolute atomic E-state index is 10.4. The lowest BCUT2D eigenvalue weighted by atomic mass is 9.85. The van der Waals surface area contributed by atoms with Crippen LogP contribution >= 0.6 is 24.8 Å². The van der Waals surface area contributed by atoms with Crippen LogP contribution < -0.4 is 4.90 Å². The topological polar surface area (TPSA) is 35.9 Å². The van der Waals surface area contributed by atoms with Gasteiger partial charge in [-0.2, -0.15) is 0 Å². The third kappa shape index (κ3) is 6.85. The molecule has 1 unspecified atom stereocenters. The van der Waals surface area contributed by atoms with Gasteiger partial charge in [0.2, 0.25) is 0 Å². The van der Waals surface area contributed by atoms with Crippen molar-refractivity contribution in [1.82, 2.24) is 4.90 Å². The molecule has 152 valence electrons. The Hall–Kier alpha value is -0.960. The number of terminal acetylenes is 1. The molecule has 0 radical (unpaired) electrons. The molecule has 1 aromatic carbocycles. The number of hydrogen-bond donors (Lipinski definition) is 1. The van der Waals surface area contributed by atoms with Crippen molar-refractivity contribution in [1.29, 1.82) is 0 Å². The summed E-state index contributed by atoms with van der Waals surface area (Å²) >= 11 is 0. The lowest BCUT2D eigenvalue weighted by Gasteiger charge is -2.37. The summed E-state index contributed by atoms with van der Waals surface area (Å²) < 4.78 is 5.99. The molecular weight excluding hydrogens is 383 g/mol. The summed E-state index contributed by atoms with van der Waals surface area (Å²) in [6, 6.07) is 10.5. The van der Waals surface area contributed by atoms with Gasteiger partial charge in [0.25, 0.3) is 0 Å². The van der Waals surface area contributed by atoms with Crippen molar-refractivity contribution >= 4 is 30.5 Å². The van der Waals surface area contributed by atoms with Crippen molar-refractivity contribution in [2.75, 3.05) is 44.2 Å². The minimum atomic E-state index is -0.476. The van der Waals surface area contributed by atoms with Gasteiger partial charge in [-0.05, 0) is 37.8 Å². The number of aliphatic hydroxyl groups is 1. The highest BCUT2D eigenvalue weighted by atomic mass is 35.5. The van der Waals surface area contributed by atoms with Gasteiger partial charge in [-0.3, -0.25) is 4.90 Å². The van der Waals surface area contributed by atoms with E-state index < -0.39 is 11.7 Å². The van der Waals surface area contributed by atoms with Crippen molar-refractivity contribution in [3.8, 4) is 12.3 Å². The van der Waals surface area contributed by atoms with Crippen LogP contribution in [-0.2, 0) is 4.74 Å². The normalized spacial score (nSPS) is 20.7. The lowest BCUT2D eigenvalue weighted by molar-refractivity contribution is -0.0698. The van der Waals surface area contributed by atoms with Crippen molar-refractivity contribution < 1.29 is 9.84 Å². The van der Waals surface area contributed by atoms with Gasteiger partial charge in [0.1, 0.15) is 5.60 Å². The van der Waals surface area contributed by atoms with Crippen molar-refractivity contribution in [2.24, 2.45) is 0 Å². The van der Waals surface area contributed by atoms with Crippen LogP contribution in [0.25, 0.3) is 0 Å². The van der Waals surface area contributed by atoms with Gasteiger partial charge in [0, 0.05) is 38.4 Å². The number of anilines is 1. The van der Waals surface area contributed by atoms with E-state index in [1.165, 1.54) is 12.1 Å². The summed E-state index contributed by atoms with van der Waals surface area (Å²) in [6.45, 7) is 4.91.